The second-order valence-electron chi connectivity index (χ2n) is 6.86. The van der Waals surface area contributed by atoms with Gasteiger partial charge in [-0.1, -0.05) is 41.4 Å². The van der Waals surface area contributed by atoms with Crippen molar-refractivity contribution in [2.75, 3.05) is 0 Å². The van der Waals surface area contributed by atoms with Crippen molar-refractivity contribution in [3.63, 3.8) is 0 Å². The van der Waals surface area contributed by atoms with Crippen molar-refractivity contribution in [2.24, 2.45) is 0 Å². The van der Waals surface area contributed by atoms with Crippen LogP contribution in [0.2, 0.25) is 10.0 Å². The SMILES string of the molecule is CC(O)(c1cn(-c2c(Cl)cc(C(F)(F)F)cc2Cl)c2ccccc12)C(F)(F)C(F)(F)F. The maximum Gasteiger partial charge on any atom is 0.456 e. The third-order valence-electron chi connectivity index (χ3n) is 4.79. The van der Waals surface area contributed by atoms with Crippen LogP contribution in [0.4, 0.5) is 35.1 Å². The van der Waals surface area contributed by atoms with Crippen LogP contribution in [-0.2, 0) is 11.8 Å². The van der Waals surface area contributed by atoms with Gasteiger partial charge in [-0.15, -0.1) is 0 Å². The van der Waals surface area contributed by atoms with Gasteiger partial charge in [-0.3, -0.25) is 0 Å². The second-order valence-corrected chi connectivity index (χ2v) is 7.67. The molecule has 168 valence electrons. The average Bonchev–Trinajstić information content (AvgIpc) is 2.99. The van der Waals surface area contributed by atoms with Gasteiger partial charge in [-0.05, 0) is 25.1 Å². The number of benzene rings is 2. The Bertz CT molecular complexity index is 1120. The Labute approximate surface area is 179 Å². The first-order valence-corrected chi connectivity index (χ1v) is 9.10. The Morgan fingerprint density at radius 3 is 1.87 bits per heavy atom. The molecule has 0 aliphatic carbocycles. The van der Waals surface area contributed by atoms with E-state index in [2.05, 4.69) is 0 Å². The summed E-state index contributed by atoms with van der Waals surface area (Å²) in [6, 6.07) is 6.29. The number of hydrogen-bond donors (Lipinski definition) is 1. The normalized spacial score (nSPS) is 15.4. The van der Waals surface area contributed by atoms with E-state index in [9.17, 15) is 40.2 Å². The van der Waals surface area contributed by atoms with Gasteiger partial charge in [0.15, 0.2) is 5.60 Å². The number of nitrogens with zero attached hydrogens (tertiary/aromatic N) is 1. The zero-order chi connectivity index (χ0) is 23.6. The summed E-state index contributed by atoms with van der Waals surface area (Å²) >= 11 is 11.9. The summed E-state index contributed by atoms with van der Waals surface area (Å²) in [6.07, 6.45) is -10.1. The van der Waals surface area contributed by atoms with Crippen LogP contribution in [0.1, 0.15) is 18.1 Å². The molecule has 2 nitrogen and oxygen atoms in total. The number of hydrogen-bond acceptors (Lipinski definition) is 1. The van der Waals surface area contributed by atoms with E-state index in [1.807, 2.05) is 0 Å². The first-order valence-electron chi connectivity index (χ1n) is 8.34. The highest BCUT2D eigenvalue weighted by atomic mass is 35.5. The molecule has 2 aromatic carbocycles. The Balaban J connectivity index is 2.33. The summed E-state index contributed by atoms with van der Waals surface area (Å²) < 4.78 is 107. The van der Waals surface area contributed by atoms with E-state index in [0.717, 1.165) is 10.8 Å². The highest BCUT2D eigenvalue weighted by Crippen LogP contribution is 2.50. The lowest BCUT2D eigenvalue weighted by molar-refractivity contribution is -0.342. The van der Waals surface area contributed by atoms with Crippen LogP contribution in [0.15, 0.2) is 42.6 Å². The maximum atomic E-state index is 14.1. The van der Waals surface area contributed by atoms with E-state index in [-0.39, 0.29) is 16.6 Å². The molecule has 0 saturated heterocycles. The van der Waals surface area contributed by atoms with Crippen LogP contribution in [0.3, 0.4) is 0 Å². The highest BCUT2D eigenvalue weighted by Gasteiger charge is 2.69. The van der Waals surface area contributed by atoms with Gasteiger partial charge >= 0.3 is 18.3 Å². The van der Waals surface area contributed by atoms with E-state index in [0.29, 0.717) is 19.1 Å². The molecule has 1 unspecified atom stereocenters. The molecule has 31 heavy (non-hydrogen) atoms. The first kappa shape index (κ1) is 23.6. The molecule has 0 fully saturated rings. The molecule has 0 saturated carbocycles. The standard InChI is InChI=1S/C19H11Cl2F8NO/c1-16(31,18(25,26)19(27,28)29)11-8-30(14-5-3-2-4-10(11)14)15-12(20)6-9(7-13(15)21)17(22,23)24/h2-8,31H,1H3. The summed E-state index contributed by atoms with van der Waals surface area (Å²) in [7, 11) is 0. The minimum absolute atomic E-state index is 0.0145. The van der Waals surface area contributed by atoms with E-state index >= 15 is 0 Å². The topological polar surface area (TPSA) is 25.2 Å². The lowest BCUT2D eigenvalue weighted by Gasteiger charge is -2.33. The number of rotatable bonds is 3. The van der Waals surface area contributed by atoms with Crippen molar-refractivity contribution in [1.82, 2.24) is 4.57 Å². The van der Waals surface area contributed by atoms with Crippen LogP contribution in [0, 0.1) is 0 Å². The van der Waals surface area contributed by atoms with Crippen molar-refractivity contribution in [3.05, 3.63) is 63.8 Å². The van der Waals surface area contributed by atoms with Crippen molar-refractivity contribution >= 4 is 34.1 Å². The molecule has 12 heteroatoms. The van der Waals surface area contributed by atoms with Crippen LogP contribution in [0.25, 0.3) is 16.6 Å². The fourth-order valence-corrected chi connectivity index (χ4v) is 3.83. The Morgan fingerprint density at radius 2 is 1.39 bits per heavy atom. The van der Waals surface area contributed by atoms with Crippen molar-refractivity contribution in [2.45, 2.75) is 30.8 Å². The van der Waals surface area contributed by atoms with Gasteiger partial charge in [0.05, 0.1) is 26.8 Å². The number of para-hydroxylation sites is 1. The zero-order valence-electron chi connectivity index (χ0n) is 15.2. The van der Waals surface area contributed by atoms with Gasteiger partial charge in [0.1, 0.15) is 0 Å². The summed E-state index contributed by atoms with van der Waals surface area (Å²) in [6.45, 7) is 0.294. The molecular weight excluding hydrogens is 481 g/mol. The van der Waals surface area contributed by atoms with Gasteiger partial charge in [0.2, 0.25) is 0 Å². The molecule has 0 spiro atoms. The molecule has 3 rings (SSSR count). The second kappa shape index (κ2) is 7.25. The fraction of sp³-hybridized carbons (Fsp3) is 0.263. The molecule has 0 aliphatic heterocycles. The van der Waals surface area contributed by atoms with Gasteiger partial charge in [-0.2, -0.15) is 35.1 Å². The Hall–Kier alpha value is -2.04. The number of aromatic nitrogens is 1. The van der Waals surface area contributed by atoms with Crippen molar-refractivity contribution < 1.29 is 40.2 Å². The van der Waals surface area contributed by atoms with E-state index in [4.69, 9.17) is 23.2 Å². The highest BCUT2D eigenvalue weighted by molar-refractivity contribution is 6.38. The monoisotopic (exact) mass is 491 g/mol. The number of aliphatic hydroxyl groups is 1. The Kier molecular flexibility index (Phi) is 5.52. The molecule has 0 bridgehead atoms. The summed E-state index contributed by atoms with van der Waals surface area (Å²) in [5.41, 5.74) is -6.03. The molecule has 3 aromatic rings. The van der Waals surface area contributed by atoms with E-state index in [1.165, 1.54) is 24.3 Å². The lowest BCUT2D eigenvalue weighted by atomic mass is 9.88. The minimum atomic E-state index is -6.08. The molecular formula is C19H11Cl2F8NO. The Morgan fingerprint density at radius 1 is 0.871 bits per heavy atom. The predicted molar refractivity (Wildman–Crippen MR) is 98.9 cm³/mol. The number of halogens is 10. The van der Waals surface area contributed by atoms with Gasteiger partial charge in [-0.25, -0.2) is 0 Å². The molecule has 0 aliphatic rings. The van der Waals surface area contributed by atoms with Gasteiger partial charge in [0.25, 0.3) is 0 Å². The van der Waals surface area contributed by atoms with Crippen LogP contribution < -0.4 is 0 Å². The lowest BCUT2D eigenvalue weighted by Crippen LogP contribution is -2.53. The molecule has 1 atom stereocenters. The average molecular weight is 492 g/mol. The van der Waals surface area contributed by atoms with Crippen molar-refractivity contribution in [1.29, 1.82) is 0 Å². The summed E-state index contributed by atoms with van der Waals surface area (Å²) in [5.74, 6) is -5.55. The van der Waals surface area contributed by atoms with Crippen molar-refractivity contribution in [3.8, 4) is 5.69 Å². The van der Waals surface area contributed by atoms with Crippen LogP contribution in [0.5, 0.6) is 0 Å². The largest absolute Gasteiger partial charge is 0.456 e. The van der Waals surface area contributed by atoms with Gasteiger partial charge in [0, 0.05) is 17.1 Å². The quantitative estimate of drug-likeness (QED) is 0.380. The third kappa shape index (κ3) is 3.74. The smallest absolute Gasteiger partial charge is 0.379 e. The summed E-state index contributed by atoms with van der Waals surface area (Å²) in [4.78, 5) is 0. The molecule has 0 amide bonds. The zero-order valence-corrected chi connectivity index (χ0v) is 16.7. The number of fused-ring (bicyclic) bond motifs is 1. The minimum Gasteiger partial charge on any atom is -0.379 e. The maximum absolute atomic E-state index is 14.1. The molecule has 1 N–H and O–H groups in total. The third-order valence-corrected chi connectivity index (χ3v) is 5.37. The first-order chi connectivity index (χ1) is 14.0. The molecule has 1 aromatic heterocycles. The van der Waals surface area contributed by atoms with Crippen LogP contribution in [-0.4, -0.2) is 21.8 Å². The van der Waals surface area contributed by atoms with E-state index < -0.39 is 45.0 Å². The predicted octanol–water partition coefficient (Wildman–Crippen LogP) is 7.36. The summed E-state index contributed by atoms with van der Waals surface area (Å²) in [5, 5.41) is 9.03. The number of alkyl halides is 8. The fourth-order valence-electron chi connectivity index (χ4n) is 3.16. The van der Waals surface area contributed by atoms with Gasteiger partial charge < -0.3 is 9.67 Å². The van der Waals surface area contributed by atoms with Crippen LogP contribution >= 0.6 is 23.2 Å². The van der Waals surface area contributed by atoms with E-state index in [1.54, 1.807) is 0 Å². The molecule has 0 radical (unpaired) electrons. The molecule has 1 heterocycles.